The number of furan rings is 1. The second kappa shape index (κ2) is 7.06. The van der Waals surface area contributed by atoms with Gasteiger partial charge >= 0.3 is 0 Å². The van der Waals surface area contributed by atoms with E-state index in [1.807, 2.05) is 0 Å². The number of hydrogen-bond acceptors (Lipinski definition) is 4. The van der Waals surface area contributed by atoms with E-state index in [0.717, 1.165) is 16.7 Å². The number of halogens is 2. The maximum Gasteiger partial charge on any atom is 0.298 e. The summed E-state index contributed by atoms with van der Waals surface area (Å²) in [6, 6.07) is 15.8. The Balaban J connectivity index is 1.61. The van der Waals surface area contributed by atoms with Gasteiger partial charge in [0.25, 0.3) is 11.1 Å². The summed E-state index contributed by atoms with van der Waals surface area (Å²) < 4.78 is 18.7. The number of rotatable bonds is 3. The second-order valence-corrected chi connectivity index (χ2v) is 7.14. The van der Waals surface area contributed by atoms with Crippen LogP contribution in [0.2, 0.25) is 5.02 Å². The number of anilines is 1. The first-order chi connectivity index (χ1) is 13.0. The molecule has 3 aromatic rings. The maximum absolute atomic E-state index is 13.0. The molecule has 1 aromatic heterocycles. The maximum atomic E-state index is 13.0. The molecule has 0 radical (unpaired) electrons. The van der Waals surface area contributed by atoms with E-state index in [4.69, 9.17) is 16.0 Å². The minimum atomic E-state index is -0.438. The van der Waals surface area contributed by atoms with Crippen LogP contribution < -0.4 is 4.90 Å². The molecular weight excluding hydrogens is 389 g/mol. The molecule has 0 unspecified atom stereocenters. The zero-order valence-electron chi connectivity index (χ0n) is 13.7. The van der Waals surface area contributed by atoms with Crippen LogP contribution in [0.5, 0.6) is 0 Å². The van der Waals surface area contributed by atoms with Crippen molar-refractivity contribution in [2.45, 2.75) is 0 Å². The van der Waals surface area contributed by atoms with Gasteiger partial charge in [0, 0.05) is 16.7 Å². The highest BCUT2D eigenvalue weighted by Gasteiger charge is 2.36. The summed E-state index contributed by atoms with van der Waals surface area (Å²) in [7, 11) is 0. The molecule has 4 nitrogen and oxygen atoms in total. The van der Waals surface area contributed by atoms with Crippen molar-refractivity contribution in [1.29, 1.82) is 0 Å². The Morgan fingerprint density at radius 1 is 1.04 bits per heavy atom. The first-order valence-corrected chi connectivity index (χ1v) is 9.10. The fraction of sp³-hybridized carbons (Fsp3) is 0. The fourth-order valence-corrected chi connectivity index (χ4v) is 3.64. The largest absolute Gasteiger partial charge is 0.457 e. The minimum absolute atomic E-state index is 0.250. The van der Waals surface area contributed by atoms with E-state index in [2.05, 4.69) is 0 Å². The zero-order chi connectivity index (χ0) is 19.0. The molecule has 27 heavy (non-hydrogen) atoms. The fourth-order valence-electron chi connectivity index (χ4n) is 2.63. The Labute approximate surface area is 163 Å². The summed E-state index contributed by atoms with van der Waals surface area (Å²) in [4.78, 5) is 26.2. The van der Waals surface area contributed by atoms with Crippen molar-refractivity contribution in [3.8, 4) is 11.3 Å². The molecule has 0 N–H and O–H groups in total. The first kappa shape index (κ1) is 17.6. The van der Waals surface area contributed by atoms with Gasteiger partial charge in [-0.15, -0.1) is 0 Å². The second-order valence-electron chi connectivity index (χ2n) is 5.71. The summed E-state index contributed by atoms with van der Waals surface area (Å²) in [5.41, 5.74) is 1.13. The van der Waals surface area contributed by atoms with Gasteiger partial charge in [0.1, 0.15) is 17.3 Å². The predicted molar refractivity (Wildman–Crippen MR) is 104 cm³/mol. The normalized spacial score (nSPS) is 15.8. The highest BCUT2D eigenvalue weighted by Crippen LogP contribution is 2.37. The Morgan fingerprint density at radius 3 is 2.56 bits per heavy atom. The van der Waals surface area contributed by atoms with Gasteiger partial charge in [-0.3, -0.25) is 9.59 Å². The van der Waals surface area contributed by atoms with Crippen LogP contribution in [-0.4, -0.2) is 11.1 Å². The van der Waals surface area contributed by atoms with E-state index < -0.39 is 11.1 Å². The quantitative estimate of drug-likeness (QED) is 0.508. The zero-order valence-corrected chi connectivity index (χ0v) is 15.3. The molecule has 1 fully saturated rings. The van der Waals surface area contributed by atoms with E-state index in [-0.39, 0.29) is 10.7 Å². The smallest absolute Gasteiger partial charge is 0.298 e. The summed E-state index contributed by atoms with van der Waals surface area (Å²) in [6.45, 7) is 0. The van der Waals surface area contributed by atoms with Crippen LogP contribution in [0.4, 0.5) is 14.9 Å². The molecular formula is C20H11ClFNO3S. The minimum Gasteiger partial charge on any atom is -0.457 e. The standard InChI is InChI=1S/C20H11ClFNO3S/c21-13-2-1-3-15(10-13)23-19(24)18(27-20(23)25)11-16-8-9-17(26-16)12-4-6-14(22)7-5-12/h1-11H/b18-11+. The van der Waals surface area contributed by atoms with Crippen molar-refractivity contribution in [2.24, 2.45) is 0 Å². The van der Waals surface area contributed by atoms with Crippen LogP contribution in [0.15, 0.2) is 70.0 Å². The molecule has 7 heteroatoms. The number of imide groups is 1. The lowest BCUT2D eigenvalue weighted by Crippen LogP contribution is -2.27. The summed E-state index contributed by atoms with van der Waals surface area (Å²) >= 11 is 6.78. The van der Waals surface area contributed by atoms with Crippen LogP contribution in [0.25, 0.3) is 17.4 Å². The van der Waals surface area contributed by atoms with Gasteiger partial charge in [-0.2, -0.15) is 0 Å². The third-order valence-corrected chi connectivity index (χ3v) is 4.99. The van der Waals surface area contributed by atoms with Crippen LogP contribution in [-0.2, 0) is 4.79 Å². The van der Waals surface area contributed by atoms with Gasteiger partial charge in [-0.25, -0.2) is 9.29 Å². The highest BCUT2D eigenvalue weighted by atomic mass is 35.5. The highest BCUT2D eigenvalue weighted by molar-refractivity contribution is 8.19. The van der Waals surface area contributed by atoms with Gasteiger partial charge in [0.2, 0.25) is 0 Å². The number of benzene rings is 2. The Hall–Kier alpha value is -2.83. The molecule has 0 aliphatic carbocycles. The van der Waals surface area contributed by atoms with Gasteiger partial charge in [0.05, 0.1) is 10.6 Å². The van der Waals surface area contributed by atoms with Crippen molar-refractivity contribution < 1.29 is 18.4 Å². The molecule has 1 aliphatic rings. The summed E-state index contributed by atoms with van der Waals surface area (Å²) in [5.74, 6) is 0.188. The predicted octanol–water partition coefficient (Wildman–Crippen LogP) is 5.98. The average molecular weight is 400 g/mol. The SMILES string of the molecule is O=C1S/C(=C/c2ccc(-c3ccc(F)cc3)o2)C(=O)N1c1cccc(Cl)c1. The Bertz CT molecular complexity index is 1070. The third kappa shape index (κ3) is 3.54. The summed E-state index contributed by atoms with van der Waals surface area (Å²) in [6.07, 6.45) is 1.52. The third-order valence-electron chi connectivity index (χ3n) is 3.89. The Kier molecular flexibility index (Phi) is 4.59. The number of thioether (sulfide) groups is 1. The van der Waals surface area contributed by atoms with Crippen molar-refractivity contribution in [3.05, 3.63) is 82.2 Å². The van der Waals surface area contributed by atoms with Gasteiger partial charge in [0.15, 0.2) is 0 Å². The van der Waals surface area contributed by atoms with Crippen LogP contribution >= 0.6 is 23.4 Å². The van der Waals surface area contributed by atoms with Gasteiger partial charge in [-0.1, -0.05) is 17.7 Å². The first-order valence-electron chi connectivity index (χ1n) is 7.90. The molecule has 0 bridgehead atoms. The molecule has 134 valence electrons. The lowest BCUT2D eigenvalue weighted by atomic mass is 10.2. The number of hydrogen-bond donors (Lipinski definition) is 0. The molecule has 2 aromatic carbocycles. The van der Waals surface area contributed by atoms with E-state index in [1.54, 1.807) is 48.5 Å². The van der Waals surface area contributed by atoms with E-state index in [9.17, 15) is 14.0 Å². The molecule has 0 saturated carbocycles. The Morgan fingerprint density at radius 2 is 1.81 bits per heavy atom. The van der Waals surface area contributed by atoms with Crippen molar-refractivity contribution in [1.82, 2.24) is 0 Å². The molecule has 2 amide bonds. The number of carbonyl (C=O) groups excluding carboxylic acids is 2. The van der Waals surface area contributed by atoms with Crippen LogP contribution in [0, 0.1) is 5.82 Å². The van der Waals surface area contributed by atoms with E-state index in [0.29, 0.717) is 27.8 Å². The topological polar surface area (TPSA) is 50.5 Å². The average Bonchev–Trinajstić information content (AvgIpc) is 3.21. The van der Waals surface area contributed by atoms with Crippen molar-refractivity contribution in [3.63, 3.8) is 0 Å². The van der Waals surface area contributed by atoms with Gasteiger partial charge in [-0.05, 0) is 66.4 Å². The van der Waals surface area contributed by atoms with E-state index in [1.165, 1.54) is 18.2 Å². The molecule has 4 rings (SSSR count). The van der Waals surface area contributed by atoms with Crippen molar-refractivity contribution in [2.75, 3.05) is 4.90 Å². The van der Waals surface area contributed by atoms with E-state index >= 15 is 0 Å². The molecule has 2 heterocycles. The van der Waals surface area contributed by atoms with Gasteiger partial charge < -0.3 is 4.42 Å². The number of carbonyl (C=O) groups is 2. The van der Waals surface area contributed by atoms with Crippen LogP contribution in [0.3, 0.4) is 0 Å². The molecule has 1 aliphatic heterocycles. The monoisotopic (exact) mass is 399 g/mol. The molecule has 1 saturated heterocycles. The van der Waals surface area contributed by atoms with Crippen molar-refractivity contribution >= 4 is 46.3 Å². The van der Waals surface area contributed by atoms with Crippen LogP contribution in [0.1, 0.15) is 5.76 Å². The summed E-state index contributed by atoms with van der Waals surface area (Å²) in [5, 5.41) is 0.0318. The lowest BCUT2D eigenvalue weighted by Gasteiger charge is -2.12. The number of nitrogens with zero attached hydrogens (tertiary/aromatic N) is 1. The molecule has 0 atom stereocenters. The number of amides is 2. The lowest BCUT2D eigenvalue weighted by molar-refractivity contribution is -0.113. The molecule has 0 spiro atoms.